The monoisotopic (exact) mass is 632 g/mol. The molecule has 9 nitrogen and oxygen atoms in total. The topological polar surface area (TPSA) is 102 Å². The molecule has 5 rings (SSSR count). The van der Waals surface area contributed by atoms with Crippen LogP contribution in [0.25, 0.3) is 0 Å². The number of thioether (sulfide) groups is 1. The van der Waals surface area contributed by atoms with Crippen LogP contribution in [0.15, 0.2) is 93.6 Å². The second-order valence-electron chi connectivity index (χ2n) is 9.55. The smallest absolute Gasteiger partial charge is 0.258 e. The number of nitrogens with zero attached hydrogens (tertiary/aromatic N) is 5. The number of nitrogens with one attached hydrogen (secondary N) is 1. The molecule has 1 aliphatic heterocycles. The van der Waals surface area contributed by atoms with Gasteiger partial charge in [0.25, 0.3) is 11.8 Å². The van der Waals surface area contributed by atoms with Gasteiger partial charge in [0, 0.05) is 17.9 Å². The maximum atomic E-state index is 13.5. The molecular weight excluding hydrogens is 604 g/mol. The van der Waals surface area contributed by atoms with Gasteiger partial charge in [0.15, 0.2) is 17.6 Å². The van der Waals surface area contributed by atoms with Crippen LogP contribution < -0.4 is 10.1 Å². The Morgan fingerprint density at radius 2 is 1.76 bits per heavy atom. The van der Waals surface area contributed by atoms with Crippen molar-refractivity contribution in [2.45, 2.75) is 31.1 Å². The molecule has 1 atom stereocenters. The summed E-state index contributed by atoms with van der Waals surface area (Å²) in [6, 6.07) is 25.1. The van der Waals surface area contributed by atoms with E-state index in [9.17, 15) is 9.59 Å². The molecular formula is C30H29BrN6O3S. The zero-order valence-corrected chi connectivity index (χ0v) is 25.1. The van der Waals surface area contributed by atoms with Crippen LogP contribution in [0.2, 0.25) is 0 Å². The summed E-state index contributed by atoms with van der Waals surface area (Å²) in [6.45, 7) is 2.14. The van der Waals surface area contributed by atoms with Crippen molar-refractivity contribution in [2.75, 3.05) is 12.4 Å². The zero-order chi connectivity index (χ0) is 28.8. The van der Waals surface area contributed by atoms with Gasteiger partial charge < -0.3 is 14.6 Å². The molecule has 0 fully saturated rings. The Morgan fingerprint density at radius 3 is 2.49 bits per heavy atom. The lowest BCUT2D eigenvalue weighted by atomic mass is 9.98. The highest BCUT2D eigenvalue weighted by atomic mass is 79.9. The molecule has 11 heteroatoms. The third-order valence-corrected chi connectivity index (χ3v) is 8.15. The van der Waals surface area contributed by atoms with Crippen molar-refractivity contribution in [3.8, 4) is 5.75 Å². The van der Waals surface area contributed by atoms with Crippen LogP contribution in [0, 0.1) is 6.92 Å². The maximum absolute atomic E-state index is 13.5. The number of halogens is 1. The van der Waals surface area contributed by atoms with Gasteiger partial charge in [-0.25, -0.2) is 5.01 Å². The zero-order valence-electron chi connectivity index (χ0n) is 22.7. The first-order valence-corrected chi connectivity index (χ1v) is 14.8. The van der Waals surface area contributed by atoms with E-state index in [0.717, 1.165) is 26.9 Å². The molecule has 4 aromatic rings. The molecule has 0 radical (unpaired) electrons. The molecule has 1 unspecified atom stereocenters. The van der Waals surface area contributed by atoms with E-state index >= 15 is 0 Å². The molecule has 0 saturated carbocycles. The van der Waals surface area contributed by atoms with E-state index in [-0.39, 0.29) is 36.8 Å². The lowest BCUT2D eigenvalue weighted by Gasteiger charge is -2.22. The Morgan fingerprint density at radius 1 is 1.02 bits per heavy atom. The lowest BCUT2D eigenvalue weighted by molar-refractivity contribution is -0.130. The highest BCUT2D eigenvalue weighted by Gasteiger charge is 2.33. The molecule has 2 amide bonds. The molecule has 210 valence electrons. The molecule has 1 aliphatic rings. The summed E-state index contributed by atoms with van der Waals surface area (Å²) in [5.74, 6) is 0.950. The molecule has 41 heavy (non-hydrogen) atoms. The Labute approximate surface area is 251 Å². The van der Waals surface area contributed by atoms with Gasteiger partial charge in [0.05, 0.1) is 24.1 Å². The van der Waals surface area contributed by atoms with Crippen LogP contribution in [-0.2, 0) is 23.2 Å². The van der Waals surface area contributed by atoms with Crippen LogP contribution in [0.5, 0.6) is 5.75 Å². The van der Waals surface area contributed by atoms with E-state index in [0.29, 0.717) is 23.2 Å². The summed E-state index contributed by atoms with van der Waals surface area (Å²) < 4.78 is 8.24. The van der Waals surface area contributed by atoms with Gasteiger partial charge in [-0.1, -0.05) is 87.9 Å². The van der Waals surface area contributed by atoms with E-state index in [1.807, 2.05) is 56.4 Å². The van der Waals surface area contributed by atoms with E-state index in [2.05, 4.69) is 55.7 Å². The number of carbonyl (C=O) groups is 2. The minimum Gasteiger partial charge on any atom is -0.484 e. The van der Waals surface area contributed by atoms with Crippen molar-refractivity contribution in [2.24, 2.45) is 12.1 Å². The van der Waals surface area contributed by atoms with Crippen LogP contribution in [0.1, 0.15) is 35.0 Å². The Bertz CT molecular complexity index is 1540. The van der Waals surface area contributed by atoms with Gasteiger partial charge >= 0.3 is 0 Å². The molecule has 0 bridgehead atoms. The lowest BCUT2D eigenvalue weighted by Crippen LogP contribution is -2.29. The number of para-hydroxylation sites is 1. The minimum absolute atomic E-state index is 0.0985. The van der Waals surface area contributed by atoms with Gasteiger partial charge in [-0.15, -0.1) is 10.2 Å². The Hall–Kier alpha value is -3.96. The van der Waals surface area contributed by atoms with E-state index in [1.54, 1.807) is 21.7 Å². The number of aryl methyl sites for hydroxylation is 1. The van der Waals surface area contributed by atoms with Crippen LogP contribution in [0.3, 0.4) is 0 Å². The number of hydrogen-bond acceptors (Lipinski definition) is 7. The van der Waals surface area contributed by atoms with E-state index < -0.39 is 0 Å². The number of hydrazone groups is 1. The van der Waals surface area contributed by atoms with Crippen molar-refractivity contribution in [1.82, 2.24) is 25.1 Å². The first-order chi connectivity index (χ1) is 19.9. The van der Waals surface area contributed by atoms with Crippen molar-refractivity contribution >= 4 is 45.2 Å². The van der Waals surface area contributed by atoms with E-state index in [1.165, 1.54) is 11.8 Å². The highest BCUT2D eigenvalue weighted by molar-refractivity contribution is 9.10. The minimum atomic E-state index is -0.267. The van der Waals surface area contributed by atoms with Crippen LogP contribution in [-0.4, -0.2) is 49.7 Å². The van der Waals surface area contributed by atoms with Gasteiger partial charge in [-0.3, -0.25) is 9.59 Å². The summed E-state index contributed by atoms with van der Waals surface area (Å²) in [5.41, 5.74) is 4.06. The Kier molecular flexibility index (Phi) is 9.15. The van der Waals surface area contributed by atoms with Crippen LogP contribution in [0.4, 0.5) is 0 Å². The standard InChI is InChI=1S/C30H29BrN6O3S/c1-20-8-10-22(11-9-20)26-16-25(21-12-14-23(31)15-13-21)35-37(26)29(39)19-41-30-34-33-27(36(30)2)17-32-28(38)18-40-24-6-4-3-5-7-24/h3-15,26H,16-19H2,1-2H3,(H,32,38). The van der Waals surface area contributed by atoms with Gasteiger partial charge in [0.2, 0.25) is 0 Å². The number of carbonyl (C=O) groups excluding carboxylic acids is 2. The molecule has 2 heterocycles. The number of benzene rings is 3. The summed E-state index contributed by atoms with van der Waals surface area (Å²) in [5, 5.41) is 18.1. The predicted molar refractivity (Wildman–Crippen MR) is 162 cm³/mol. The largest absolute Gasteiger partial charge is 0.484 e. The van der Waals surface area contributed by atoms with Crippen molar-refractivity contribution < 1.29 is 14.3 Å². The Balaban J connectivity index is 1.21. The summed E-state index contributed by atoms with van der Waals surface area (Å²) in [6.07, 6.45) is 0.628. The summed E-state index contributed by atoms with van der Waals surface area (Å²) in [4.78, 5) is 25.7. The van der Waals surface area contributed by atoms with Gasteiger partial charge in [-0.05, 0) is 42.3 Å². The third kappa shape index (κ3) is 7.22. The maximum Gasteiger partial charge on any atom is 0.258 e. The SMILES string of the molecule is Cc1ccc(C2CC(c3ccc(Br)cc3)=NN2C(=O)CSc2nnc(CNC(=O)COc3ccccc3)n2C)cc1. The number of hydrogen-bond donors (Lipinski definition) is 1. The fourth-order valence-electron chi connectivity index (χ4n) is 4.32. The number of aromatic nitrogens is 3. The number of amides is 2. The molecule has 3 aromatic carbocycles. The second kappa shape index (κ2) is 13.1. The second-order valence-corrected chi connectivity index (χ2v) is 11.4. The van der Waals surface area contributed by atoms with Crippen LogP contribution >= 0.6 is 27.7 Å². The van der Waals surface area contributed by atoms with Gasteiger partial charge in [-0.2, -0.15) is 5.10 Å². The predicted octanol–water partition coefficient (Wildman–Crippen LogP) is 5.05. The first kappa shape index (κ1) is 28.6. The highest BCUT2D eigenvalue weighted by Crippen LogP contribution is 2.34. The summed E-state index contributed by atoms with van der Waals surface area (Å²) >= 11 is 4.77. The molecule has 0 spiro atoms. The average molecular weight is 634 g/mol. The van der Waals surface area contributed by atoms with Gasteiger partial charge in [0.1, 0.15) is 5.75 Å². The number of ether oxygens (including phenoxy) is 1. The normalized spacial score (nSPS) is 14.6. The molecule has 1 N–H and O–H groups in total. The number of rotatable bonds is 10. The molecule has 0 saturated heterocycles. The molecule has 1 aromatic heterocycles. The van der Waals surface area contributed by atoms with Crippen molar-refractivity contribution in [3.63, 3.8) is 0 Å². The fraction of sp³-hybridized carbons (Fsp3) is 0.233. The van der Waals surface area contributed by atoms with Crippen molar-refractivity contribution in [1.29, 1.82) is 0 Å². The fourth-order valence-corrected chi connectivity index (χ4v) is 5.36. The van der Waals surface area contributed by atoms with Crippen molar-refractivity contribution in [3.05, 3.63) is 106 Å². The first-order valence-electron chi connectivity index (χ1n) is 13.0. The summed E-state index contributed by atoms with van der Waals surface area (Å²) in [7, 11) is 1.81. The third-order valence-electron chi connectivity index (χ3n) is 6.61. The quantitative estimate of drug-likeness (QED) is 0.246. The van der Waals surface area contributed by atoms with E-state index in [4.69, 9.17) is 9.84 Å². The average Bonchev–Trinajstić information content (AvgIpc) is 3.59. The molecule has 0 aliphatic carbocycles.